The average Bonchev–Trinajstić information content (AvgIpc) is 2.23. The molecule has 1 N–H and O–H groups in total. The van der Waals surface area contributed by atoms with Gasteiger partial charge in [-0.3, -0.25) is 0 Å². The van der Waals surface area contributed by atoms with Crippen LogP contribution < -0.4 is 0 Å². The number of aliphatic hydroxyl groups excluding tert-OH is 1. The van der Waals surface area contributed by atoms with Gasteiger partial charge < -0.3 is 9.84 Å². The average molecular weight is 214 g/mol. The van der Waals surface area contributed by atoms with Crippen molar-refractivity contribution in [2.75, 3.05) is 13.2 Å². The van der Waals surface area contributed by atoms with Gasteiger partial charge in [0.15, 0.2) is 0 Å². The van der Waals surface area contributed by atoms with Gasteiger partial charge in [0, 0.05) is 13.2 Å². The zero-order chi connectivity index (χ0) is 10.9. The van der Waals surface area contributed by atoms with Crippen LogP contribution in [0.2, 0.25) is 0 Å². The lowest BCUT2D eigenvalue weighted by Gasteiger charge is -2.26. The van der Waals surface area contributed by atoms with Gasteiger partial charge in [-0.15, -0.1) is 0 Å². The van der Waals surface area contributed by atoms with Gasteiger partial charge >= 0.3 is 0 Å². The van der Waals surface area contributed by atoms with E-state index in [-0.39, 0.29) is 0 Å². The molecule has 0 heterocycles. The molecule has 2 nitrogen and oxygen atoms in total. The summed E-state index contributed by atoms with van der Waals surface area (Å²) >= 11 is 0. The molecule has 90 valence electrons. The quantitative estimate of drug-likeness (QED) is 0.660. The summed E-state index contributed by atoms with van der Waals surface area (Å²) in [6.07, 6.45) is 10.2. The summed E-state index contributed by atoms with van der Waals surface area (Å²) < 4.78 is 5.87. The number of ether oxygens (including phenoxy) is 1. The summed E-state index contributed by atoms with van der Waals surface area (Å²) in [7, 11) is 0. The van der Waals surface area contributed by atoms with Gasteiger partial charge in [-0.25, -0.2) is 0 Å². The molecule has 15 heavy (non-hydrogen) atoms. The number of unbranched alkanes of at least 4 members (excludes halogenated alkanes) is 3. The van der Waals surface area contributed by atoms with E-state index >= 15 is 0 Å². The normalized spacial score (nSPS) is 26.8. The molecule has 0 amide bonds. The maximum atomic E-state index is 8.62. The highest BCUT2D eigenvalue weighted by Crippen LogP contribution is 2.25. The molecule has 2 unspecified atom stereocenters. The van der Waals surface area contributed by atoms with Crippen molar-refractivity contribution in [1.29, 1.82) is 0 Å². The van der Waals surface area contributed by atoms with Gasteiger partial charge in [-0.05, 0) is 31.6 Å². The van der Waals surface area contributed by atoms with E-state index in [0.717, 1.165) is 31.8 Å². The summed E-state index contributed by atoms with van der Waals surface area (Å²) in [4.78, 5) is 0. The Morgan fingerprint density at radius 1 is 1.13 bits per heavy atom. The van der Waals surface area contributed by atoms with Crippen molar-refractivity contribution in [3.8, 4) is 0 Å². The fourth-order valence-corrected chi connectivity index (χ4v) is 2.35. The van der Waals surface area contributed by atoms with Crippen molar-refractivity contribution in [2.24, 2.45) is 5.92 Å². The van der Waals surface area contributed by atoms with Gasteiger partial charge in [0.2, 0.25) is 0 Å². The summed E-state index contributed by atoms with van der Waals surface area (Å²) in [5.74, 6) is 0.859. The number of rotatable bonds is 7. The first-order chi connectivity index (χ1) is 7.33. The van der Waals surface area contributed by atoms with Gasteiger partial charge in [0.05, 0.1) is 6.10 Å². The Kier molecular flexibility index (Phi) is 7.03. The van der Waals surface area contributed by atoms with Gasteiger partial charge in [-0.1, -0.05) is 32.6 Å². The molecular weight excluding hydrogens is 188 g/mol. The molecular formula is C13H26O2. The Balaban J connectivity index is 1.90. The molecule has 1 fully saturated rings. The Hall–Kier alpha value is -0.0800. The van der Waals surface area contributed by atoms with Crippen molar-refractivity contribution in [3.05, 3.63) is 0 Å². The van der Waals surface area contributed by atoms with Crippen LogP contribution in [0.1, 0.15) is 58.3 Å². The van der Waals surface area contributed by atoms with Crippen LogP contribution >= 0.6 is 0 Å². The van der Waals surface area contributed by atoms with Crippen molar-refractivity contribution < 1.29 is 9.84 Å². The molecule has 0 spiro atoms. The van der Waals surface area contributed by atoms with E-state index in [4.69, 9.17) is 9.84 Å². The molecule has 1 aliphatic rings. The third-order valence-corrected chi connectivity index (χ3v) is 3.29. The molecule has 0 radical (unpaired) electrons. The fourth-order valence-electron chi connectivity index (χ4n) is 2.35. The Morgan fingerprint density at radius 2 is 1.93 bits per heavy atom. The third-order valence-electron chi connectivity index (χ3n) is 3.29. The summed E-state index contributed by atoms with van der Waals surface area (Å²) in [5.41, 5.74) is 0. The first kappa shape index (κ1) is 13.0. The zero-order valence-electron chi connectivity index (χ0n) is 10.1. The molecule has 2 heteroatoms. The summed E-state index contributed by atoms with van der Waals surface area (Å²) in [6, 6.07) is 0. The monoisotopic (exact) mass is 214 g/mol. The SMILES string of the molecule is CC1CCCC(OCCCCCCO)C1. The second-order valence-electron chi connectivity index (χ2n) is 4.90. The second-order valence-corrected chi connectivity index (χ2v) is 4.90. The molecule has 0 aromatic carbocycles. The van der Waals surface area contributed by atoms with Crippen molar-refractivity contribution in [2.45, 2.75) is 64.4 Å². The van der Waals surface area contributed by atoms with Crippen LogP contribution in [0.3, 0.4) is 0 Å². The van der Waals surface area contributed by atoms with E-state index in [2.05, 4.69) is 6.92 Å². The van der Waals surface area contributed by atoms with Crippen LogP contribution in [0.25, 0.3) is 0 Å². The number of aliphatic hydroxyl groups is 1. The number of hydrogen-bond donors (Lipinski definition) is 1. The Bertz CT molecular complexity index is 147. The highest BCUT2D eigenvalue weighted by atomic mass is 16.5. The minimum absolute atomic E-state index is 0.334. The lowest BCUT2D eigenvalue weighted by molar-refractivity contribution is 0.0136. The van der Waals surface area contributed by atoms with Crippen LogP contribution in [-0.4, -0.2) is 24.4 Å². The van der Waals surface area contributed by atoms with Crippen LogP contribution in [0, 0.1) is 5.92 Å². The fraction of sp³-hybridized carbons (Fsp3) is 1.00. The Labute approximate surface area is 94.0 Å². The van der Waals surface area contributed by atoms with Crippen molar-refractivity contribution in [1.82, 2.24) is 0 Å². The topological polar surface area (TPSA) is 29.5 Å². The maximum Gasteiger partial charge on any atom is 0.0577 e. The molecule has 1 aliphatic carbocycles. The van der Waals surface area contributed by atoms with Crippen molar-refractivity contribution >= 4 is 0 Å². The molecule has 0 aliphatic heterocycles. The van der Waals surface area contributed by atoms with Gasteiger partial charge in [0.25, 0.3) is 0 Å². The lowest BCUT2D eigenvalue weighted by Crippen LogP contribution is -2.21. The largest absolute Gasteiger partial charge is 0.396 e. The lowest BCUT2D eigenvalue weighted by atomic mass is 9.89. The van der Waals surface area contributed by atoms with Crippen LogP contribution in [0.4, 0.5) is 0 Å². The smallest absolute Gasteiger partial charge is 0.0577 e. The Morgan fingerprint density at radius 3 is 2.67 bits per heavy atom. The van der Waals surface area contributed by atoms with E-state index in [1.807, 2.05) is 0 Å². The molecule has 1 saturated carbocycles. The van der Waals surface area contributed by atoms with Gasteiger partial charge in [-0.2, -0.15) is 0 Å². The predicted molar refractivity (Wildman–Crippen MR) is 62.9 cm³/mol. The molecule has 2 atom stereocenters. The van der Waals surface area contributed by atoms with Crippen LogP contribution in [0.15, 0.2) is 0 Å². The summed E-state index contributed by atoms with van der Waals surface area (Å²) in [5, 5.41) is 8.62. The minimum Gasteiger partial charge on any atom is -0.396 e. The predicted octanol–water partition coefficient (Wildman–Crippen LogP) is 3.13. The highest BCUT2D eigenvalue weighted by Gasteiger charge is 2.18. The van der Waals surface area contributed by atoms with Crippen LogP contribution in [0.5, 0.6) is 0 Å². The maximum absolute atomic E-state index is 8.62. The first-order valence-electron chi connectivity index (χ1n) is 6.55. The minimum atomic E-state index is 0.334. The van der Waals surface area contributed by atoms with E-state index in [0.29, 0.717) is 12.7 Å². The van der Waals surface area contributed by atoms with E-state index in [1.165, 1.54) is 32.1 Å². The first-order valence-corrected chi connectivity index (χ1v) is 6.55. The van der Waals surface area contributed by atoms with Crippen LogP contribution in [-0.2, 0) is 4.74 Å². The molecule has 0 aromatic heterocycles. The van der Waals surface area contributed by atoms with E-state index in [1.54, 1.807) is 0 Å². The summed E-state index contributed by atoms with van der Waals surface area (Å²) in [6.45, 7) is 3.58. The van der Waals surface area contributed by atoms with E-state index < -0.39 is 0 Å². The van der Waals surface area contributed by atoms with Gasteiger partial charge in [0.1, 0.15) is 0 Å². The second kappa shape index (κ2) is 8.12. The standard InChI is InChI=1S/C13H26O2/c1-12-7-6-8-13(11-12)15-10-5-3-2-4-9-14/h12-14H,2-11H2,1H3. The third kappa shape index (κ3) is 6.16. The molecule has 1 rings (SSSR count). The molecule has 0 bridgehead atoms. The molecule has 0 saturated heterocycles. The van der Waals surface area contributed by atoms with Crippen molar-refractivity contribution in [3.63, 3.8) is 0 Å². The zero-order valence-corrected chi connectivity index (χ0v) is 10.1. The highest BCUT2D eigenvalue weighted by molar-refractivity contribution is 4.70. The number of hydrogen-bond acceptors (Lipinski definition) is 2. The van der Waals surface area contributed by atoms with E-state index in [9.17, 15) is 0 Å². The molecule has 0 aromatic rings.